The summed E-state index contributed by atoms with van der Waals surface area (Å²) in [5, 5.41) is 32.0. The van der Waals surface area contributed by atoms with Crippen LogP contribution in [0.2, 0.25) is 0 Å². The van der Waals surface area contributed by atoms with E-state index in [0.717, 1.165) is 12.1 Å². The van der Waals surface area contributed by atoms with Gasteiger partial charge in [-0.25, -0.2) is 22.5 Å². The number of hydrogen-bond acceptors (Lipinski definition) is 9. The SMILES string of the molecule is N=C(Nc1ccc(F)c(C(F)F)c1)c1nonc1SCCNC(=O)c1ccc(-n2cnnn2)cc1. The maximum absolute atomic E-state index is 13.5. The molecule has 0 radical (unpaired) electrons. The van der Waals surface area contributed by atoms with E-state index >= 15 is 0 Å². The van der Waals surface area contributed by atoms with Crippen LogP contribution in [0.25, 0.3) is 5.69 Å². The summed E-state index contributed by atoms with van der Waals surface area (Å²) in [7, 11) is 0. The topological polar surface area (TPSA) is 148 Å². The number of carbonyl (C=O) groups excluding carboxylic acids is 1. The highest BCUT2D eigenvalue weighted by Gasteiger charge is 2.18. The maximum atomic E-state index is 13.5. The molecule has 0 fully saturated rings. The van der Waals surface area contributed by atoms with Crippen LogP contribution in [0, 0.1) is 11.2 Å². The number of thioether (sulfide) groups is 1. The third-order valence-electron chi connectivity index (χ3n) is 4.57. The normalized spacial score (nSPS) is 11.0. The molecule has 0 saturated heterocycles. The van der Waals surface area contributed by atoms with Crippen molar-refractivity contribution in [2.45, 2.75) is 11.5 Å². The molecule has 0 spiro atoms. The number of alkyl halides is 2. The van der Waals surface area contributed by atoms with Crippen LogP contribution in [0.5, 0.6) is 0 Å². The van der Waals surface area contributed by atoms with Crippen molar-refractivity contribution in [1.82, 2.24) is 35.8 Å². The third kappa shape index (κ3) is 5.81. The Bertz CT molecular complexity index is 1310. The standard InChI is InChI=1S/C20H16F3N9O2S/c21-15-6-3-12(9-14(15)17(22)23)27-18(24)16-20(29-34-28-16)35-8-7-25-19(33)11-1-4-13(5-2-11)32-10-26-30-31-32/h1-6,9-10,17H,7-8H2,(H2,24,27)(H,25,33). The van der Waals surface area contributed by atoms with E-state index < -0.39 is 17.8 Å². The lowest BCUT2D eigenvalue weighted by Crippen LogP contribution is -2.25. The van der Waals surface area contributed by atoms with Crippen LogP contribution >= 0.6 is 11.8 Å². The summed E-state index contributed by atoms with van der Waals surface area (Å²) in [6.45, 7) is 0.279. The number of tetrazole rings is 1. The Morgan fingerprint density at radius 1 is 1.17 bits per heavy atom. The molecule has 3 N–H and O–H groups in total. The molecule has 0 atom stereocenters. The summed E-state index contributed by atoms with van der Waals surface area (Å²) in [5.41, 5.74) is 0.502. The van der Waals surface area contributed by atoms with Gasteiger partial charge in [-0.3, -0.25) is 10.2 Å². The van der Waals surface area contributed by atoms with Crippen molar-refractivity contribution in [3.63, 3.8) is 0 Å². The molecule has 4 rings (SSSR count). The zero-order valence-corrected chi connectivity index (χ0v) is 18.5. The molecule has 0 bridgehead atoms. The van der Waals surface area contributed by atoms with Crippen molar-refractivity contribution < 1.29 is 22.6 Å². The van der Waals surface area contributed by atoms with Gasteiger partial charge in [0.1, 0.15) is 12.1 Å². The van der Waals surface area contributed by atoms with Crippen LogP contribution in [0.3, 0.4) is 0 Å². The summed E-state index contributed by atoms with van der Waals surface area (Å²) in [6, 6.07) is 9.72. The van der Waals surface area contributed by atoms with Crippen molar-refractivity contribution in [3.8, 4) is 5.69 Å². The van der Waals surface area contributed by atoms with E-state index in [-0.39, 0.29) is 34.7 Å². The Balaban J connectivity index is 1.28. The number of hydrogen-bond donors (Lipinski definition) is 3. The second-order valence-electron chi connectivity index (χ2n) is 6.86. The molecule has 15 heteroatoms. The Morgan fingerprint density at radius 3 is 2.69 bits per heavy atom. The lowest BCUT2D eigenvalue weighted by molar-refractivity contribution is 0.0956. The molecule has 11 nitrogen and oxygen atoms in total. The van der Waals surface area contributed by atoms with E-state index in [0.29, 0.717) is 17.0 Å². The van der Waals surface area contributed by atoms with Crippen LogP contribution < -0.4 is 10.6 Å². The van der Waals surface area contributed by atoms with Gasteiger partial charge in [0.2, 0.25) is 0 Å². The first-order valence-electron chi connectivity index (χ1n) is 9.93. The van der Waals surface area contributed by atoms with Crippen molar-refractivity contribution in [1.29, 1.82) is 5.41 Å². The smallest absolute Gasteiger partial charge is 0.266 e. The molecular formula is C20H16F3N9O2S. The third-order valence-corrected chi connectivity index (χ3v) is 5.51. The number of halogens is 3. The van der Waals surface area contributed by atoms with Crippen molar-refractivity contribution in [2.24, 2.45) is 0 Å². The number of nitrogens with one attached hydrogen (secondary N) is 3. The molecule has 4 aromatic rings. The largest absolute Gasteiger partial charge is 0.351 e. The van der Waals surface area contributed by atoms with Crippen LogP contribution in [0.15, 0.2) is 58.4 Å². The predicted octanol–water partition coefficient (Wildman–Crippen LogP) is 3.08. The predicted molar refractivity (Wildman–Crippen MR) is 118 cm³/mol. The van der Waals surface area contributed by atoms with Crippen molar-refractivity contribution >= 4 is 29.2 Å². The van der Waals surface area contributed by atoms with Gasteiger partial charge in [-0.1, -0.05) is 11.8 Å². The maximum Gasteiger partial charge on any atom is 0.266 e. The van der Waals surface area contributed by atoms with E-state index in [1.807, 2.05) is 0 Å². The van der Waals surface area contributed by atoms with Crippen LogP contribution in [0.1, 0.15) is 28.0 Å². The zero-order chi connectivity index (χ0) is 24.8. The van der Waals surface area contributed by atoms with Gasteiger partial charge >= 0.3 is 0 Å². The molecule has 1 amide bonds. The Kier molecular flexibility index (Phi) is 7.35. The molecule has 180 valence electrons. The van der Waals surface area contributed by atoms with Gasteiger partial charge in [0.15, 0.2) is 16.6 Å². The molecule has 2 aromatic carbocycles. The highest BCUT2D eigenvalue weighted by Crippen LogP contribution is 2.26. The first kappa shape index (κ1) is 23.9. The lowest BCUT2D eigenvalue weighted by atomic mass is 10.2. The number of aromatic nitrogens is 6. The summed E-state index contributed by atoms with van der Waals surface area (Å²) in [5.74, 6) is -1.21. The molecule has 2 aromatic heterocycles. The van der Waals surface area contributed by atoms with Crippen LogP contribution in [-0.4, -0.2) is 54.6 Å². The quantitative estimate of drug-likeness (QED) is 0.136. The van der Waals surface area contributed by atoms with E-state index in [1.165, 1.54) is 28.8 Å². The summed E-state index contributed by atoms with van der Waals surface area (Å²) >= 11 is 1.17. The fourth-order valence-corrected chi connectivity index (χ4v) is 3.64. The van der Waals surface area contributed by atoms with Crippen LogP contribution in [0.4, 0.5) is 18.9 Å². The molecule has 2 heterocycles. The minimum atomic E-state index is -3.00. The average Bonchev–Trinajstić information content (AvgIpc) is 3.55. The monoisotopic (exact) mass is 503 g/mol. The molecule has 35 heavy (non-hydrogen) atoms. The fourth-order valence-electron chi connectivity index (χ4n) is 2.88. The van der Waals surface area contributed by atoms with Crippen molar-refractivity contribution in [3.05, 3.63) is 71.4 Å². The second kappa shape index (κ2) is 10.8. The fraction of sp³-hybridized carbons (Fsp3) is 0.150. The van der Waals surface area contributed by atoms with Gasteiger partial charge in [0.25, 0.3) is 12.3 Å². The molecule has 0 saturated carbocycles. The number of amidine groups is 1. The molecular weight excluding hydrogens is 487 g/mol. The second-order valence-corrected chi connectivity index (χ2v) is 7.94. The van der Waals surface area contributed by atoms with Gasteiger partial charge < -0.3 is 10.6 Å². The first-order valence-corrected chi connectivity index (χ1v) is 10.9. The number of carbonyl (C=O) groups is 1. The molecule has 0 unspecified atom stereocenters. The van der Waals surface area contributed by atoms with E-state index in [4.69, 9.17) is 5.41 Å². The number of benzene rings is 2. The summed E-state index contributed by atoms with van der Waals surface area (Å²) < 4.78 is 45.4. The number of anilines is 1. The van der Waals surface area contributed by atoms with Crippen LogP contribution in [-0.2, 0) is 0 Å². The molecule has 0 aliphatic rings. The Hall–Kier alpha value is -4.27. The Morgan fingerprint density at radius 2 is 1.97 bits per heavy atom. The highest BCUT2D eigenvalue weighted by molar-refractivity contribution is 7.99. The molecule has 0 aliphatic carbocycles. The van der Waals surface area contributed by atoms with Gasteiger partial charge in [-0.15, -0.1) is 5.10 Å². The van der Waals surface area contributed by atoms with Gasteiger partial charge in [0.05, 0.1) is 11.3 Å². The highest BCUT2D eigenvalue weighted by atomic mass is 32.2. The van der Waals surface area contributed by atoms with Crippen molar-refractivity contribution in [2.75, 3.05) is 17.6 Å². The lowest BCUT2D eigenvalue weighted by Gasteiger charge is -2.09. The minimum absolute atomic E-state index is 0.0439. The minimum Gasteiger partial charge on any atom is -0.351 e. The van der Waals surface area contributed by atoms with Gasteiger partial charge in [-0.05, 0) is 63.2 Å². The Labute approximate surface area is 199 Å². The number of amides is 1. The summed E-state index contributed by atoms with van der Waals surface area (Å²) in [6.07, 6.45) is -1.56. The first-order chi connectivity index (χ1) is 16.9. The average molecular weight is 503 g/mol. The van der Waals surface area contributed by atoms with Gasteiger partial charge in [0, 0.05) is 23.5 Å². The van der Waals surface area contributed by atoms with Gasteiger partial charge in [-0.2, -0.15) is 0 Å². The van der Waals surface area contributed by atoms with E-state index in [1.54, 1.807) is 24.3 Å². The van der Waals surface area contributed by atoms with E-state index in [9.17, 15) is 18.0 Å². The molecule has 0 aliphatic heterocycles. The number of nitrogens with zero attached hydrogens (tertiary/aromatic N) is 6. The van der Waals surface area contributed by atoms with E-state index in [2.05, 4.69) is 41.1 Å². The number of rotatable bonds is 9. The summed E-state index contributed by atoms with van der Waals surface area (Å²) in [4.78, 5) is 12.3. The zero-order valence-electron chi connectivity index (χ0n) is 17.7.